The van der Waals surface area contributed by atoms with Crippen LogP contribution in [0.5, 0.6) is 11.5 Å². The highest BCUT2D eigenvalue weighted by Gasteiger charge is 2.39. The second-order valence-corrected chi connectivity index (χ2v) is 7.96. The Kier molecular flexibility index (Phi) is 6.23. The monoisotopic (exact) mass is 451 g/mol. The van der Waals surface area contributed by atoms with Gasteiger partial charge in [-0.1, -0.05) is 30.3 Å². The van der Waals surface area contributed by atoms with Gasteiger partial charge in [-0.15, -0.1) is 11.3 Å². The zero-order valence-electron chi connectivity index (χ0n) is 17.6. The fourth-order valence-corrected chi connectivity index (χ4v) is 4.52. The summed E-state index contributed by atoms with van der Waals surface area (Å²) in [6, 6.07) is 15.2. The lowest BCUT2D eigenvalue weighted by molar-refractivity contribution is -0.140. The molecule has 0 aliphatic carbocycles. The first-order valence-corrected chi connectivity index (χ1v) is 10.8. The number of imide groups is 1. The second-order valence-electron chi connectivity index (χ2n) is 7.08. The van der Waals surface area contributed by atoms with Gasteiger partial charge in [0, 0.05) is 16.8 Å². The van der Waals surface area contributed by atoms with Gasteiger partial charge >= 0.3 is 5.97 Å². The summed E-state index contributed by atoms with van der Waals surface area (Å²) in [6.07, 6.45) is -0.0446. The van der Waals surface area contributed by atoms with Crippen molar-refractivity contribution in [3.8, 4) is 21.9 Å². The fraction of sp³-hybridized carbons (Fsp3) is 0.208. The molecule has 7 nitrogen and oxygen atoms in total. The summed E-state index contributed by atoms with van der Waals surface area (Å²) in [5, 5.41) is 1.68. The molecule has 0 radical (unpaired) electrons. The summed E-state index contributed by atoms with van der Waals surface area (Å²) in [5.41, 5.74) is 2.46. The number of carbonyl (C=O) groups excluding carboxylic acids is 3. The van der Waals surface area contributed by atoms with Crippen molar-refractivity contribution in [2.45, 2.75) is 13.0 Å². The number of hydrogen-bond acceptors (Lipinski definition) is 7. The molecule has 32 heavy (non-hydrogen) atoms. The van der Waals surface area contributed by atoms with Crippen molar-refractivity contribution in [2.24, 2.45) is 0 Å². The number of benzene rings is 2. The van der Waals surface area contributed by atoms with E-state index < -0.39 is 17.8 Å². The zero-order valence-corrected chi connectivity index (χ0v) is 18.4. The Morgan fingerprint density at radius 1 is 1.00 bits per heavy atom. The topological polar surface area (TPSA) is 82.1 Å². The lowest BCUT2D eigenvalue weighted by Crippen LogP contribution is -2.32. The molecule has 0 fully saturated rings. The van der Waals surface area contributed by atoms with Crippen LogP contribution in [0.2, 0.25) is 0 Å². The van der Waals surface area contributed by atoms with Gasteiger partial charge in [-0.3, -0.25) is 19.3 Å². The Morgan fingerprint density at radius 2 is 1.78 bits per heavy atom. The molecule has 3 aromatic rings. The Hall–Kier alpha value is -3.65. The molecule has 164 valence electrons. The smallest absolute Gasteiger partial charge is 0.307 e. The van der Waals surface area contributed by atoms with E-state index in [1.165, 1.54) is 18.4 Å². The van der Waals surface area contributed by atoms with Crippen LogP contribution in [-0.4, -0.2) is 43.4 Å². The van der Waals surface area contributed by atoms with Gasteiger partial charge < -0.3 is 14.2 Å². The van der Waals surface area contributed by atoms with Crippen LogP contribution in [0.3, 0.4) is 0 Å². The zero-order chi connectivity index (χ0) is 22.7. The maximum Gasteiger partial charge on any atom is 0.307 e. The van der Waals surface area contributed by atoms with Gasteiger partial charge in [0.1, 0.15) is 6.61 Å². The first kappa shape index (κ1) is 21.6. The third kappa shape index (κ3) is 4.09. The van der Waals surface area contributed by atoms with E-state index in [2.05, 4.69) is 4.74 Å². The maximum atomic E-state index is 13.0. The molecule has 1 aromatic heterocycles. The first-order chi connectivity index (χ1) is 15.5. The minimum absolute atomic E-state index is 0.0167. The minimum Gasteiger partial charge on any atom is -0.493 e. The number of carbonyl (C=O) groups is 3. The molecule has 4 rings (SSSR count). The largest absolute Gasteiger partial charge is 0.493 e. The molecule has 0 bridgehead atoms. The molecule has 0 saturated heterocycles. The molecule has 2 aromatic carbocycles. The van der Waals surface area contributed by atoms with Crippen molar-refractivity contribution >= 4 is 29.1 Å². The number of thiophene rings is 1. The predicted octanol–water partition coefficient (Wildman–Crippen LogP) is 4.16. The van der Waals surface area contributed by atoms with E-state index in [0.29, 0.717) is 34.1 Å². The summed E-state index contributed by atoms with van der Waals surface area (Å²) in [7, 11) is 2.83. The summed E-state index contributed by atoms with van der Waals surface area (Å²) in [6.45, 7) is 0.346. The minimum atomic E-state index is -0.476. The first-order valence-electron chi connectivity index (χ1n) is 9.93. The quantitative estimate of drug-likeness (QED) is 0.378. The van der Waals surface area contributed by atoms with Gasteiger partial charge in [-0.25, -0.2) is 0 Å². The number of ether oxygens (including phenoxy) is 3. The van der Waals surface area contributed by atoms with Gasteiger partial charge in [0.15, 0.2) is 11.5 Å². The average Bonchev–Trinajstić information content (AvgIpc) is 3.36. The lowest BCUT2D eigenvalue weighted by Gasteiger charge is -2.14. The number of nitrogens with zero attached hydrogens (tertiary/aromatic N) is 1. The molecule has 2 amide bonds. The second kappa shape index (κ2) is 9.23. The molecule has 1 aliphatic heterocycles. The van der Waals surface area contributed by atoms with Crippen molar-refractivity contribution < 1.29 is 28.6 Å². The van der Waals surface area contributed by atoms with Crippen molar-refractivity contribution in [1.82, 2.24) is 4.90 Å². The van der Waals surface area contributed by atoms with E-state index in [9.17, 15) is 14.4 Å². The van der Waals surface area contributed by atoms with Crippen LogP contribution in [-0.2, 0) is 16.1 Å². The third-order valence-electron chi connectivity index (χ3n) is 5.16. The number of rotatable bonds is 8. The van der Waals surface area contributed by atoms with Crippen LogP contribution in [0.15, 0.2) is 53.9 Å². The van der Waals surface area contributed by atoms with Gasteiger partial charge in [0.2, 0.25) is 0 Å². The van der Waals surface area contributed by atoms with E-state index in [0.717, 1.165) is 16.0 Å². The van der Waals surface area contributed by atoms with E-state index in [4.69, 9.17) is 9.47 Å². The summed E-state index contributed by atoms with van der Waals surface area (Å²) < 4.78 is 16.0. The Balaban J connectivity index is 1.61. The third-order valence-corrected chi connectivity index (χ3v) is 6.18. The van der Waals surface area contributed by atoms with Crippen LogP contribution in [0.4, 0.5) is 0 Å². The van der Waals surface area contributed by atoms with Crippen LogP contribution >= 0.6 is 11.3 Å². The molecule has 8 heteroatoms. The normalized spacial score (nSPS) is 12.6. The standard InChI is InChI=1S/C24H21NO6S/c1-29-18-9-8-16(12-19(18)31-13-15-6-4-3-5-7-15)22-21-17(14-32-22)23(27)25(24(21)28)11-10-20(26)30-2/h3-9,12,14H,10-11,13H2,1-2H3. The van der Waals surface area contributed by atoms with Crippen LogP contribution in [0.1, 0.15) is 32.7 Å². The Morgan fingerprint density at radius 3 is 2.50 bits per heavy atom. The van der Waals surface area contributed by atoms with Gasteiger partial charge in [0.25, 0.3) is 11.8 Å². The number of amides is 2. The van der Waals surface area contributed by atoms with Crippen LogP contribution < -0.4 is 9.47 Å². The van der Waals surface area contributed by atoms with Crippen molar-refractivity contribution in [3.63, 3.8) is 0 Å². The molecular formula is C24H21NO6S. The lowest BCUT2D eigenvalue weighted by atomic mass is 10.1. The average molecular weight is 452 g/mol. The summed E-state index contributed by atoms with van der Waals surface area (Å²) in [5.74, 6) is -0.177. The van der Waals surface area contributed by atoms with E-state index in [1.807, 2.05) is 42.5 Å². The van der Waals surface area contributed by atoms with Crippen molar-refractivity contribution in [1.29, 1.82) is 0 Å². The van der Waals surface area contributed by atoms with Gasteiger partial charge in [0.05, 0.1) is 31.8 Å². The molecule has 0 unspecified atom stereocenters. The van der Waals surface area contributed by atoms with E-state index >= 15 is 0 Å². The van der Waals surface area contributed by atoms with Crippen molar-refractivity contribution in [3.05, 3.63) is 70.6 Å². The van der Waals surface area contributed by atoms with Crippen molar-refractivity contribution in [2.75, 3.05) is 20.8 Å². The number of esters is 1. The highest BCUT2D eigenvalue weighted by atomic mass is 32.1. The maximum absolute atomic E-state index is 13.0. The van der Waals surface area contributed by atoms with E-state index in [-0.39, 0.29) is 13.0 Å². The molecule has 0 spiro atoms. The SMILES string of the molecule is COC(=O)CCN1C(=O)c2csc(-c3ccc(OC)c(OCc4ccccc4)c3)c2C1=O. The highest BCUT2D eigenvalue weighted by Crippen LogP contribution is 2.41. The summed E-state index contributed by atoms with van der Waals surface area (Å²) >= 11 is 1.32. The molecule has 1 aliphatic rings. The molecule has 0 atom stereocenters. The Labute approximate surface area is 189 Å². The Bertz CT molecular complexity index is 1170. The highest BCUT2D eigenvalue weighted by molar-refractivity contribution is 7.14. The fourth-order valence-electron chi connectivity index (χ4n) is 3.49. The molecular weight excluding hydrogens is 430 g/mol. The van der Waals surface area contributed by atoms with Gasteiger partial charge in [-0.2, -0.15) is 0 Å². The number of hydrogen-bond donors (Lipinski definition) is 0. The molecule has 0 N–H and O–H groups in total. The predicted molar refractivity (Wildman–Crippen MR) is 119 cm³/mol. The molecule has 0 saturated carbocycles. The molecule has 2 heterocycles. The summed E-state index contributed by atoms with van der Waals surface area (Å²) in [4.78, 5) is 38.9. The van der Waals surface area contributed by atoms with Crippen LogP contribution in [0, 0.1) is 0 Å². The van der Waals surface area contributed by atoms with Gasteiger partial charge in [-0.05, 0) is 29.3 Å². The number of fused-ring (bicyclic) bond motifs is 1. The van der Waals surface area contributed by atoms with E-state index in [1.54, 1.807) is 18.6 Å². The van der Waals surface area contributed by atoms with Crippen LogP contribution in [0.25, 0.3) is 10.4 Å². The number of methoxy groups -OCH3 is 2.